The van der Waals surface area contributed by atoms with Gasteiger partial charge in [-0.1, -0.05) is 38.1 Å². The Hall–Kier alpha value is -1.70. The molecular weight excluding hydrogens is 244 g/mol. The van der Waals surface area contributed by atoms with Crippen LogP contribution in [-0.4, -0.2) is 12.6 Å². The first-order valence-electron chi connectivity index (χ1n) is 7.70. The van der Waals surface area contributed by atoms with Gasteiger partial charge in [0.25, 0.3) is 0 Å². The van der Waals surface area contributed by atoms with E-state index in [4.69, 9.17) is 0 Å². The molecule has 3 rings (SSSR count). The quantitative estimate of drug-likeness (QED) is 0.843. The maximum absolute atomic E-state index is 3.72. The van der Waals surface area contributed by atoms with Crippen molar-refractivity contribution in [3.05, 3.63) is 35.9 Å². The van der Waals surface area contributed by atoms with Gasteiger partial charge in [-0.15, -0.1) is 0 Å². The standard InChI is InChI=1S/C18H24N2/c1-12(2)10-13(3)20-17-11-14-8-9-19-18(14)16-7-5-4-6-15(16)17/h4-7,11-13,19-20H,8-10H2,1-3H3. The molecule has 20 heavy (non-hydrogen) atoms. The molecule has 1 unspecified atom stereocenters. The number of benzene rings is 2. The maximum atomic E-state index is 3.72. The highest BCUT2D eigenvalue weighted by Crippen LogP contribution is 2.36. The lowest BCUT2D eigenvalue weighted by atomic mass is 10.0. The molecule has 0 aliphatic carbocycles. The van der Waals surface area contributed by atoms with Crippen LogP contribution in [0.5, 0.6) is 0 Å². The third-order valence-corrected chi connectivity index (χ3v) is 4.05. The molecule has 106 valence electrons. The number of rotatable bonds is 4. The summed E-state index contributed by atoms with van der Waals surface area (Å²) in [6.07, 6.45) is 2.33. The van der Waals surface area contributed by atoms with Crippen molar-refractivity contribution >= 4 is 22.1 Å². The van der Waals surface area contributed by atoms with E-state index in [0.29, 0.717) is 6.04 Å². The molecule has 2 N–H and O–H groups in total. The van der Waals surface area contributed by atoms with E-state index in [0.717, 1.165) is 18.9 Å². The largest absolute Gasteiger partial charge is 0.384 e. The minimum Gasteiger partial charge on any atom is -0.384 e. The fraction of sp³-hybridized carbons (Fsp3) is 0.444. The zero-order valence-corrected chi connectivity index (χ0v) is 12.7. The molecule has 0 saturated heterocycles. The number of hydrogen-bond donors (Lipinski definition) is 2. The maximum Gasteiger partial charge on any atom is 0.0454 e. The van der Waals surface area contributed by atoms with Gasteiger partial charge >= 0.3 is 0 Å². The van der Waals surface area contributed by atoms with Crippen LogP contribution in [0.25, 0.3) is 10.8 Å². The Balaban J connectivity index is 2.00. The van der Waals surface area contributed by atoms with Crippen molar-refractivity contribution in [2.45, 2.75) is 39.7 Å². The second kappa shape index (κ2) is 5.35. The van der Waals surface area contributed by atoms with E-state index in [1.807, 2.05) is 0 Å². The van der Waals surface area contributed by atoms with Gasteiger partial charge in [-0.3, -0.25) is 0 Å². The smallest absolute Gasteiger partial charge is 0.0454 e. The van der Waals surface area contributed by atoms with Crippen molar-refractivity contribution in [3.8, 4) is 0 Å². The van der Waals surface area contributed by atoms with Gasteiger partial charge < -0.3 is 10.6 Å². The van der Waals surface area contributed by atoms with Gasteiger partial charge in [0.15, 0.2) is 0 Å². The van der Waals surface area contributed by atoms with Crippen molar-refractivity contribution in [1.29, 1.82) is 0 Å². The summed E-state index contributed by atoms with van der Waals surface area (Å²) in [4.78, 5) is 0. The minimum atomic E-state index is 0.505. The van der Waals surface area contributed by atoms with Crippen LogP contribution >= 0.6 is 0 Å². The number of anilines is 2. The highest BCUT2D eigenvalue weighted by molar-refractivity contribution is 6.04. The molecule has 1 atom stereocenters. The average Bonchev–Trinajstić information content (AvgIpc) is 2.86. The SMILES string of the molecule is CC(C)CC(C)Nc1cc2c(c3ccccc13)NCC2. The minimum absolute atomic E-state index is 0.505. The van der Waals surface area contributed by atoms with Crippen LogP contribution < -0.4 is 10.6 Å². The van der Waals surface area contributed by atoms with E-state index in [2.05, 4.69) is 61.7 Å². The zero-order valence-electron chi connectivity index (χ0n) is 12.7. The lowest BCUT2D eigenvalue weighted by Gasteiger charge is -2.20. The van der Waals surface area contributed by atoms with Gasteiger partial charge in [-0.2, -0.15) is 0 Å². The highest BCUT2D eigenvalue weighted by atomic mass is 14.9. The molecule has 0 saturated carbocycles. The van der Waals surface area contributed by atoms with E-state index in [9.17, 15) is 0 Å². The molecule has 2 heteroatoms. The average molecular weight is 268 g/mol. The normalized spacial score (nSPS) is 15.2. The molecule has 1 heterocycles. The van der Waals surface area contributed by atoms with Gasteiger partial charge in [0, 0.05) is 34.7 Å². The molecule has 0 aromatic heterocycles. The van der Waals surface area contributed by atoms with Crippen LogP contribution in [-0.2, 0) is 6.42 Å². The van der Waals surface area contributed by atoms with Crippen LogP contribution in [0, 0.1) is 5.92 Å². The first-order chi connectivity index (χ1) is 9.65. The van der Waals surface area contributed by atoms with Gasteiger partial charge in [0.2, 0.25) is 0 Å². The summed E-state index contributed by atoms with van der Waals surface area (Å²) in [7, 11) is 0. The van der Waals surface area contributed by atoms with Crippen LogP contribution in [0.4, 0.5) is 11.4 Å². The van der Waals surface area contributed by atoms with Crippen molar-refractivity contribution in [2.75, 3.05) is 17.2 Å². The van der Waals surface area contributed by atoms with Crippen molar-refractivity contribution < 1.29 is 0 Å². The topological polar surface area (TPSA) is 24.1 Å². The fourth-order valence-corrected chi connectivity index (χ4v) is 3.31. The third-order valence-electron chi connectivity index (χ3n) is 4.05. The van der Waals surface area contributed by atoms with E-state index < -0.39 is 0 Å². The molecule has 0 amide bonds. The second-order valence-corrected chi connectivity index (χ2v) is 6.36. The number of hydrogen-bond acceptors (Lipinski definition) is 2. The number of fused-ring (bicyclic) bond motifs is 3. The van der Waals surface area contributed by atoms with Crippen molar-refractivity contribution in [3.63, 3.8) is 0 Å². The first-order valence-corrected chi connectivity index (χ1v) is 7.70. The first kappa shape index (κ1) is 13.3. The Morgan fingerprint density at radius 3 is 2.65 bits per heavy atom. The summed E-state index contributed by atoms with van der Waals surface area (Å²) in [5.41, 5.74) is 4.07. The molecule has 0 spiro atoms. The third kappa shape index (κ3) is 2.47. The van der Waals surface area contributed by atoms with Crippen molar-refractivity contribution in [1.82, 2.24) is 0 Å². The molecule has 0 bridgehead atoms. The van der Waals surface area contributed by atoms with Gasteiger partial charge in [-0.05, 0) is 37.3 Å². The lowest BCUT2D eigenvalue weighted by Crippen LogP contribution is -2.17. The van der Waals surface area contributed by atoms with Crippen LogP contribution in [0.15, 0.2) is 30.3 Å². The van der Waals surface area contributed by atoms with Gasteiger partial charge in [0.1, 0.15) is 0 Å². The molecule has 1 aliphatic rings. The summed E-state index contributed by atoms with van der Waals surface area (Å²) in [5.74, 6) is 0.722. The lowest BCUT2D eigenvalue weighted by molar-refractivity contribution is 0.540. The summed E-state index contributed by atoms with van der Waals surface area (Å²) in [5, 5.41) is 9.92. The summed E-state index contributed by atoms with van der Waals surface area (Å²) >= 11 is 0. The highest BCUT2D eigenvalue weighted by Gasteiger charge is 2.17. The van der Waals surface area contributed by atoms with Gasteiger partial charge in [-0.25, -0.2) is 0 Å². The monoisotopic (exact) mass is 268 g/mol. The van der Waals surface area contributed by atoms with E-state index in [-0.39, 0.29) is 0 Å². The Morgan fingerprint density at radius 1 is 1.15 bits per heavy atom. The number of nitrogens with one attached hydrogen (secondary N) is 2. The molecule has 2 nitrogen and oxygen atoms in total. The molecular formula is C18H24N2. The summed E-state index contributed by atoms with van der Waals surface area (Å²) < 4.78 is 0. The summed E-state index contributed by atoms with van der Waals surface area (Å²) in [6.45, 7) is 7.90. The Kier molecular flexibility index (Phi) is 3.56. The fourth-order valence-electron chi connectivity index (χ4n) is 3.31. The van der Waals surface area contributed by atoms with E-state index in [1.165, 1.54) is 34.1 Å². The Labute approximate surface area is 121 Å². The van der Waals surface area contributed by atoms with E-state index >= 15 is 0 Å². The molecule has 2 aromatic rings. The predicted molar refractivity (Wildman–Crippen MR) is 88.7 cm³/mol. The second-order valence-electron chi connectivity index (χ2n) is 6.36. The zero-order chi connectivity index (χ0) is 14.1. The molecule has 0 radical (unpaired) electrons. The Bertz CT molecular complexity index is 616. The van der Waals surface area contributed by atoms with Gasteiger partial charge in [0.05, 0.1) is 0 Å². The molecule has 0 fully saturated rings. The predicted octanol–water partition coefficient (Wildman–Crippen LogP) is 4.65. The van der Waals surface area contributed by atoms with E-state index in [1.54, 1.807) is 0 Å². The van der Waals surface area contributed by atoms with Crippen LogP contribution in [0.2, 0.25) is 0 Å². The summed E-state index contributed by atoms with van der Waals surface area (Å²) in [6, 6.07) is 11.6. The van der Waals surface area contributed by atoms with Crippen molar-refractivity contribution in [2.24, 2.45) is 5.92 Å². The van der Waals surface area contributed by atoms with Crippen LogP contribution in [0.3, 0.4) is 0 Å². The molecule has 2 aromatic carbocycles. The van der Waals surface area contributed by atoms with Crippen LogP contribution in [0.1, 0.15) is 32.8 Å². The Morgan fingerprint density at radius 2 is 1.90 bits per heavy atom. The molecule has 1 aliphatic heterocycles.